The van der Waals surface area contributed by atoms with E-state index >= 15 is 0 Å². The smallest absolute Gasteiger partial charge is 0.132 e. The van der Waals surface area contributed by atoms with E-state index in [2.05, 4.69) is 0 Å². The summed E-state index contributed by atoms with van der Waals surface area (Å²) < 4.78 is 12.8. The highest BCUT2D eigenvalue weighted by molar-refractivity contribution is 5.70. The Balaban J connectivity index is 5.05. The standard InChI is InChI=1S/C9H2FN4/c10-9(1-7(3-11)4-12)2-8(5-13)6-14/h1-2H/q-1/b9-1+. The lowest BCUT2D eigenvalue weighted by Crippen LogP contribution is -1.77. The minimum Gasteiger partial charge on any atom is -0.762 e. The fourth-order valence-corrected chi connectivity index (χ4v) is 0.497. The first-order chi connectivity index (χ1) is 6.67. The highest BCUT2D eigenvalue weighted by Gasteiger charge is 1.96. The van der Waals surface area contributed by atoms with E-state index in [1.54, 1.807) is 0 Å². The maximum Gasteiger partial charge on any atom is 0.132 e. The molecular weight excluding hydrogens is 183 g/mol. The lowest BCUT2D eigenvalue weighted by molar-refractivity contribution is 0.666. The normalized spacial score (nSPS) is 8.57. The van der Waals surface area contributed by atoms with Crippen LogP contribution < -0.4 is 0 Å². The Hall–Kier alpha value is -2.67. The third-order valence-corrected chi connectivity index (χ3v) is 1.05. The monoisotopic (exact) mass is 185 g/mol. The van der Waals surface area contributed by atoms with Crippen molar-refractivity contribution >= 4 is 5.87 Å². The summed E-state index contributed by atoms with van der Waals surface area (Å²) in [7, 11) is 0. The minimum atomic E-state index is -0.985. The molecule has 0 heterocycles. The molecule has 0 N–H and O–H groups in total. The molecule has 0 saturated heterocycles. The zero-order valence-electron chi connectivity index (χ0n) is 6.82. The molecule has 0 atom stereocenters. The third kappa shape index (κ3) is 3.64. The molecule has 0 aromatic rings. The van der Waals surface area contributed by atoms with Crippen LogP contribution >= 0.6 is 0 Å². The Kier molecular flexibility index (Phi) is 4.79. The molecule has 14 heavy (non-hydrogen) atoms. The molecule has 4 nitrogen and oxygen atoms in total. The van der Waals surface area contributed by atoms with Crippen molar-refractivity contribution in [2.24, 2.45) is 0 Å². The summed E-state index contributed by atoms with van der Waals surface area (Å²) in [6.07, 6.45) is 1.29. The van der Waals surface area contributed by atoms with Gasteiger partial charge in [0.05, 0.1) is 5.57 Å². The molecule has 0 rings (SSSR count). The topological polar surface area (TPSA) is 93.7 Å². The SMILES string of the molecule is N#CC(=C=[N-])/C=C(/F)C=C(C#N)C#N. The van der Waals surface area contributed by atoms with Crippen LogP contribution in [0.5, 0.6) is 0 Å². The van der Waals surface area contributed by atoms with Crippen LogP contribution in [0.15, 0.2) is 29.1 Å². The van der Waals surface area contributed by atoms with Crippen LogP contribution in [-0.4, -0.2) is 5.87 Å². The Labute approximate surface area is 79.6 Å². The zero-order chi connectivity index (χ0) is 11.0. The summed E-state index contributed by atoms with van der Waals surface area (Å²) in [5.41, 5.74) is -0.872. The molecule has 0 unspecified atom stereocenters. The fraction of sp³-hybridized carbons (Fsp3) is 0. The van der Waals surface area contributed by atoms with Crippen molar-refractivity contribution in [3.05, 3.63) is 34.5 Å². The van der Waals surface area contributed by atoms with E-state index in [4.69, 9.17) is 21.2 Å². The van der Waals surface area contributed by atoms with Crippen LogP contribution in [0.3, 0.4) is 0 Å². The van der Waals surface area contributed by atoms with Gasteiger partial charge >= 0.3 is 0 Å². The molecule has 0 aliphatic heterocycles. The van der Waals surface area contributed by atoms with Gasteiger partial charge in [0.25, 0.3) is 0 Å². The van der Waals surface area contributed by atoms with E-state index in [0.717, 1.165) is 0 Å². The van der Waals surface area contributed by atoms with Crippen molar-refractivity contribution in [1.29, 1.82) is 15.8 Å². The molecule has 0 saturated carbocycles. The molecule has 0 radical (unpaired) electrons. The predicted octanol–water partition coefficient (Wildman–Crippen LogP) is 1.50. The van der Waals surface area contributed by atoms with Gasteiger partial charge in [0.15, 0.2) is 0 Å². The summed E-state index contributed by atoms with van der Waals surface area (Å²) in [6.45, 7) is 0. The molecular formula is C9H2FN4-. The molecule has 0 spiro atoms. The van der Waals surface area contributed by atoms with Gasteiger partial charge in [-0.25, -0.2) is 4.39 Å². The number of allylic oxidation sites excluding steroid dienone is 5. The first-order valence-corrected chi connectivity index (χ1v) is 3.24. The van der Waals surface area contributed by atoms with E-state index in [1.807, 2.05) is 0 Å². The third-order valence-electron chi connectivity index (χ3n) is 1.05. The minimum absolute atomic E-state index is 0.436. The Morgan fingerprint density at radius 3 is 2.00 bits per heavy atom. The molecule has 66 valence electrons. The summed E-state index contributed by atoms with van der Waals surface area (Å²) in [6, 6.07) is 4.31. The fourth-order valence-electron chi connectivity index (χ4n) is 0.497. The Morgan fingerprint density at radius 1 is 1.07 bits per heavy atom. The highest BCUT2D eigenvalue weighted by Crippen LogP contribution is 2.05. The second-order valence-electron chi connectivity index (χ2n) is 1.95. The van der Waals surface area contributed by atoms with Crippen LogP contribution in [0.1, 0.15) is 0 Å². The van der Waals surface area contributed by atoms with Crippen molar-refractivity contribution in [2.75, 3.05) is 0 Å². The highest BCUT2D eigenvalue weighted by atomic mass is 19.1. The summed E-state index contributed by atoms with van der Waals surface area (Å²) >= 11 is 0. The van der Waals surface area contributed by atoms with Gasteiger partial charge in [-0.05, 0) is 6.08 Å². The van der Waals surface area contributed by atoms with Crippen LogP contribution in [0.2, 0.25) is 0 Å². The van der Waals surface area contributed by atoms with Gasteiger partial charge in [-0.1, -0.05) is 0 Å². The quantitative estimate of drug-likeness (QED) is 0.370. The molecule has 5 heteroatoms. The lowest BCUT2D eigenvalue weighted by atomic mass is 10.2. The average molecular weight is 185 g/mol. The van der Waals surface area contributed by atoms with Crippen molar-refractivity contribution in [2.45, 2.75) is 0 Å². The van der Waals surface area contributed by atoms with Gasteiger partial charge in [0, 0.05) is 6.08 Å². The van der Waals surface area contributed by atoms with Gasteiger partial charge in [-0.3, -0.25) is 5.87 Å². The molecule has 0 bridgehead atoms. The van der Waals surface area contributed by atoms with E-state index in [0.29, 0.717) is 12.2 Å². The predicted molar refractivity (Wildman–Crippen MR) is 46.0 cm³/mol. The number of rotatable bonds is 2. The maximum absolute atomic E-state index is 12.8. The Bertz CT molecular complexity index is 443. The van der Waals surface area contributed by atoms with E-state index in [9.17, 15) is 4.39 Å². The van der Waals surface area contributed by atoms with Crippen LogP contribution in [0.4, 0.5) is 4.39 Å². The maximum atomic E-state index is 12.8. The molecule has 0 aromatic heterocycles. The van der Waals surface area contributed by atoms with Crippen LogP contribution in [-0.2, 0) is 0 Å². The summed E-state index contributed by atoms with van der Waals surface area (Å²) in [5, 5.41) is 33.0. The number of nitriles is 3. The molecule has 0 aliphatic rings. The van der Waals surface area contributed by atoms with Gasteiger partial charge < -0.3 is 5.41 Å². The summed E-state index contributed by atoms with van der Waals surface area (Å²) in [5.74, 6) is 0.451. The number of nitrogens with zero attached hydrogens (tertiary/aromatic N) is 4. The van der Waals surface area contributed by atoms with Crippen molar-refractivity contribution in [3.8, 4) is 18.2 Å². The first-order valence-electron chi connectivity index (χ1n) is 3.24. The molecule has 0 aliphatic carbocycles. The largest absolute Gasteiger partial charge is 0.762 e. The van der Waals surface area contributed by atoms with E-state index < -0.39 is 17.0 Å². The van der Waals surface area contributed by atoms with Crippen molar-refractivity contribution < 1.29 is 4.39 Å². The molecule has 0 aromatic carbocycles. The molecule has 0 amide bonds. The second kappa shape index (κ2) is 5.91. The lowest BCUT2D eigenvalue weighted by Gasteiger charge is -1.87. The summed E-state index contributed by atoms with van der Waals surface area (Å²) in [4.78, 5) is 0. The van der Waals surface area contributed by atoms with Crippen molar-refractivity contribution in [3.63, 3.8) is 0 Å². The average Bonchev–Trinajstić information content (AvgIpc) is 2.22. The van der Waals surface area contributed by atoms with Gasteiger partial charge in [0.2, 0.25) is 0 Å². The number of hydrogen-bond acceptors (Lipinski definition) is 3. The number of hydrogen-bond donors (Lipinski definition) is 0. The Morgan fingerprint density at radius 2 is 1.64 bits per heavy atom. The van der Waals surface area contributed by atoms with Gasteiger partial charge in [-0.15, -0.1) is 0 Å². The van der Waals surface area contributed by atoms with Crippen LogP contribution in [0.25, 0.3) is 5.41 Å². The van der Waals surface area contributed by atoms with Crippen molar-refractivity contribution in [1.82, 2.24) is 0 Å². The second-order valence-corrected chi connectivity index (χ2v) is 1.95. The first kappa shape index (κ1) is 11.3. The van der Waals surface area contributed by atoms with Gasteiger partial charge in [0.1, 0.15) is 29.6 Å². The zero-order valence-corrected chi connectivity index (χ0v) is 6.82. The van der Waals surface area contributed by atoms with Gasteiger partial charge in [-0.2, -0.15) is 15.8 Å². The number of halogens is 1. The van der Waals surface area contributed by atoms with E-state index in [1.165, 1.54) is 24.1 Å². The van der Waals surface area contributed by atoms with E-state index in [-0.39, 0.29) is 0 Å². The molecule has 0 fully saturated rings. The van der Waals surface area contributed by atoms with Crippen LogP contribution in [0, 0.1) is 34.0 Å².